The number of rotatable bonds is 4. The second-order valence-electron chi connectivity index (χ2n) is 9.24. The Hall–Kier alpha value is -2.29. The number of aliphatic hydroxyl groups is 1. The smallest absolute Gasteiger partial charge is 0.380 e. The maximum absolute atomic E-state index is 12.9. The lowest BCUT2D eigenvalue weighted by Crippen LogP contribution is -2.47. The Bertz CT molecular complexity index is 962. The fraction of sp³-hybridized carbons (Fsp3) is 0.520. The van der Waals surface area contributed by atoms with Crippen molar-refractivity contribution in [2.45, 2.75) is 30.5 Å². The first-order chi connectivity index (χ1) is 15.8. The molecule has 3 saturated heterocycles. The minimum Gasteiger partial charge on any atom is -0.380 e. The summed E-state index contributed by atoms with van der Waals surface area (Å²) < 4.78 is 49.4. The molecule has 3 heterocycles. The zero-order valence-corrected chi connectivity index (χ0v) is 18.5. The number of morpholine rings is 1. The molecule has 3 fully saturated rings. The van der Waals surface area contributed by atoms with Crippen LogP contribution in [-0.4, -0.2) is 57.7 Å². The molecule has 0 bridgehead atoms. The average molecular weight is 463 g/mol. The summed E-state index contributed by atoms with van der Waals surface area (Å²) >= 11 is 0. The molecule has 0 aliphatic carbocycles. The highest BCUT2D eigenvalue weighted by molar-refractivity contribution is 5.63. The predicted molar refractivity (Wildman–Crippen MR) is 120 cm³/mol. The number of anilines is 2. The minimum atomic E-state index is -4.30. The van der Waals surface area contributed by atoms with Crippen molar-refractivity contribution in [1.29, 1.82) is 0 Å². The number of piperidine rings is 1. The van der Waals surface area contributed by atoms with Crippen molar-refractivity contribution >= 4 is 11.4 Å². The van der Waals surface area contributed by atoms with Gasteiger partial charge < -0.3 is 24.4 Å². The van der Waals surface area contributed by atoms with Crippen LogP contribution in [0, 0.1) is 0 Å². The van der Waals surface area contributed by atoms with Gasteiger partial charge in [-0.15, -0.1) is 0 Å². The zero-order chi connectivity index (χ0) is 23.1. The summed E-state index contributed by atoms with van der Waals surface area (Å²) in [4.78, 5) is 4.60. The van der Waals surface area contributed by atoms with E-state index in [9.17, 15) is 18.3 Å². The summed E-state index contributed by atoms with van der Waals surface area (Å²) in [6.45, 7) is 5.22. The van der Waals surface area contributed by atoms with E-state index < -0.39 is 17.3 Å². The highest BCUT2D eigenvalue weighted by atomic mass is 19.4. The van der Waals surface area contributed by atoms with Crippen LogP contribution in [0.5, 0.6) is 0 Å². The van der Waals surface area contributed by atoms with Crippen LogP contribution in [0.3, 0.4) is 0 Å². The Kier molecular flexibility index (Phi) is 6.01. The van der Waals surface area contributed by atoms with E-state index in [0.717, 1.165) is 61.5 Å². The highest BCUT2D eigenvalue weighted by Gasteiger charge is 2.39. The molecule has 0 saturated carbocycles. The van der Waals surface area contributed by atoms with E-state index in [-0.39, 0.29) is 5.92 Å². The molecule has 33 heavy (non-hydrogen) atoms. The minimum absolute atomic E-state index is 0.245. The van der Waals surface area contributed by atoms with E-state index in [1.807, 2.05) is 0 Å². The SMILES string of the molecule is OC1(c2cc(N3CCOCC3)cc(N3CCC(c4ccc(C(F)(F)F)cc4)CC3)c2)COC1. The molecule has 3 aliphatic heterocycles. The van der Waals surface area contributed by atoms with E-state index in [4.69, 9.17) is 9.47 Å². The van der Waals surface area contributed by atoms with Crippen molar-refractivity contribution in [2.75, 3.05) is 62.4 Å². The molecule has 8 heteroatoms. The topological polar surface area (TPSA) is 45.2 Å². The molecule has 178 valence electrons. The van der Waals surface area contributed by atoms with Gasteiger partial charge in [0, 0.05) is 37.6 Å². The van der Waals surface area contributed by atoms with Crippen LogP contribution in [0.15, 0.2) is 42.5 Å². The molecule has 2 aromatic rings. The number of ether oxygens (including phenoxy) is 2. The first-order valence-corrected chi connectivity index (χ1v) is 11.5. The van der Waals surface area contributed by atoms with Gasteiger partial charge in [0.15, 0.2) is 0 Å². The Balaban J connectivity index is 1.33. The monoisotopic (exact) mass is 462 g/mol. The molecule has 5 rings (SSSR count). The van der Waals surface area contributed by atoms with Gasteiger partial charge in [-0.2, -0.15) is 13.2 Å². The van der Waals surface area contributed by atoms with Crippen molar-refractivity contribution in [3.8, 4) is 0 Å². The lowest BCUT2D eigenvalue weighted by atomic mass is 9.88. The van der Waals surface area contributed by atoms with Gasteiger partial charge in [0.1, 0.15) is 5.60 Å². The second kappa shape index (κ2) is 8.81. The van der Waals surface area contributed by atoms with Crippen LogP contribution in [0.2, 0.25) is 0 Å². The number of hydrogen-bond acceptors (Lipinski definition) is 5. The van der Waals surface area contributed by atoms with Crippen LogP contribution in [-0.2, 0) is 21.3 Å². The first-order valence-electron chi connectivity index (χ1n) is 11.5. The van der Waals surface area contributed by atoms with Gasteiger partial charge in [-0.25, -0.2) is 0 Å². The van der Waals surface area contributed by atoms with Gasteiger partial charge in [0.05, 0.1) is 32.0 Å². The van der Waals surface area contributed by atoms with E-state index in [1.54, 1.807) is 12.1 Å². The van der Waals surface area contributed by atoms with E-state index in [2.05, 4.69) is 28.0 Å². The predicted octanol–water partition coefficient (Wildman–Crippen LogP) is 4.14. The highest BCUT2D eigenvalue weighted by Crippen LogP contribution is 2.38. The van der Waals surface area contributed by atoms with E-state index in [1.165, 1.54) is 12.1 Å². The van der Waals surface area contributed by atoms with E-state index in [0.29, 0.717) is 26.4 Å². The van der Waals surface area contributed by atoms with Crippen molar-refractivity contribution in [3.63, 3.8) is 0 Å². The van der Waals surface area contributed by atoms with Crippen molar-refractivity contribution in [2.24, 2.45) is 0 Å². The number of benzene rings is 2. The maximum atomic E-state index is 12.9. The van der Waals surface area contributed by atoms with Crippen molar-refractivity contribution in [3.05, 3.63) is 59.2 Å². The van der Waals surface area contributed by atoms with Crippen LogP contribution in [0.4, 0.5) is 24.5 Å². The molecular weight excluding hydrogens is 433 g/mol. The molecular formula is C25H29F3N2O3. The third kappa shape index (κ3) is 4.69. The molecule has 0 aromatic heterocycles. The number of halogens is 3. The fourth-order valence-electron chi connectivity index (χ4n) is 4.93. The number of alkyl halides is 3. The third-order valence-electron chi connectivity index (χ3n) is 7.07. The molecule has 5 nitrogen and oxygen atoms in total. The lowest BCUT2D eigenvalue weighted by molar-refractivity contribution is -0.184. The molecule has 3 aliphatic rings. The molecule has 0 atom stereocenters. The molecule has 0 unspecified atom stereocenters. The van der Waals surface area contributed by atoms with Gasteiger partial charge in [0.25, 0.3) is 0 Å². The summed E-state index contributed by atoms with van der Waals surface area (Å²) in [5, 5.41) is 10.9. The molecule has 0 radical (unpaired) electrons. The molecule has 0 spiro atoms. The largest absolute Gasteiger partial charge is 0.416 e. The first kappa shape index (κ1) is 22.5. The maximum Gasteiger partial charge on any atom is 0.416 e. The lowest BCUT2D eigenvalue weighted by Gasteiger charge is -2.40. The summed E-state index contributed by atoms with van der Waals surface area (Å²) in [5.41, 5.74) is 2.43. The summed E-state index contributed by atoms with van der Waals surface area (Å²) in [5.74, 6) is 0.245. The Morgan fingerprint density at radius 1 is 0.818 bits per heavy atom. The van der Waals surface area contributed by atoms with E-state index >= 15 is 0 Å². The van der Waals surface area contributed by atoms with Gasteiger partial charge in [-0.3, -0.25) is 0 Å². The van der Waals surface area contributed by atoms with Crippen molar-refractivity contribution < 1.29 is 27.8 Å². The molecule has 2 aromatic carbocycles. The Labute approximate surface area is 191 Å². The van der Waals surface area contributed by atoms with Crippen molar-refractivity contribution in [1.82, 2.24) is 0 Å². The van der Waals surface area contributed by atoms with Crippen LogP contribution in [0.25, 0.3) is 0 Å². The number of nitrogens with zero attached hydrogens (tertiary/aromatic N) is 2. The zero-order valence-electron chi connectivity index (χ0n) is 18.5. The van der Waals surface area contributed by atoms with Crippen LogP contribution in [0.1, 0.15) is 35.4 Å². The van der Waals surface area contributed by atoms with Crippen LogP contribution < -0.4 is 9.80 Å². The summed E-state index contributed by atoms with van der Waals surface area (Å²) in [6, 6.07) is 11.9. The Morgan fingerprint density at radius 3 is 1.91 bits per heavy atom. The second-order valence-corrected chi connectivity index (χ2v) is 9.24. The third-order valence-corrected chi connectivity index (χ3v) is 7.07. The quantitative estimate of drug-likeness (QED) is 0.740. The summed E-state index contributed by atoms with van der Waals surface area (Å²) in [6.07, 6.45) is -2.56. The average Bonchev–Trinajstić information content (AvgIpc) is 2.82. The van der Waals surface area contributed by atoms with Gasteiger partial charge >= 0.3 is 6.18 Å². The Morgan fingerprint density at radius 2 is 1.39 bits per heavy atom. The normalized spacial score (nSPS) is 21.7. The van der Waals surface area contributed by atoms with Gasteiger partial charge in [0.2, 0.25) is 0 Å². The van der Waals surface area contributed by atoms with Gasteiger partial charge in [-0.05, 0) is 60.2 Å². The molecule has 0 amide bonds. The number of hydrogen-bond donors (Lipinski definition) is 1. The standard InChI is InChI=1S/C25H29F3N2O3/c26-25(27,28)20-3-1-18(2-4-20)19-5-7-29(8-6-19)22-13-21(24(31)16-33-17-24)14-23(15-22)30-9-11-32-12-10-30/h1-4,13-15,19,31H,5-12,16-17H2. The van der Waals surface area contributed by atoms with Gasteiger partial charge in [-0.1, -0.05) is 12.1 Å². The summed E-state index contributed by atoms with van der Waals surface area (Å²) in [7, 11) is 0. The van der Waals surface area contributed by atoms with Crippen LogP contribution >= 0.6 is 0 Å². The molecule has 1 N–H and O–H groups in total. The fourth-order valence-corrected chi connectivity index (χ4v) is 4.93.